The highest BCUT2D eigenvalue weighted by Gasteiger charge is 2.35. The number of hydrogen-bond acceptors (Lipinski definition) is 5. The fourth-order valence-corrected chi connectivity index (χ4v) is 5.08. The molecule has 0 amide bonds. The van der Waals surface area contributed by atoms with Gasteiger partial charge in [0, 0.05) is 43.8 Å². The number of fused-ring (bicyclic) bond motifs is 1. The van der Waals surface area contributed by atoms with Crippen molar-refractivity contribution in [1.82, 2.24) is 20.0 Å². The summed E-state index contributed by atoms with van der Waals surface area (Å²) in [7, 11) is 1.95. The van der Waals surface area contributed by atoms with Crippen LogP contribution < -0.4 is 4.90 Å². The number of rotatable bonds is 4. The van der Waals surface area contributed by atoms with E-state index in [0.717, 1.165) is 48.7 Å². The molecule has 6 heteroatoms. The highest BCUT2D eigenvalue weighted by molar-refractivity contribution is 5.78. The van der Waals surface area contributed by atoms with Gasteiger partial charge in [0.1, 0.15) is 0 Å². The van der Waals surface area contributed by atoms with Gasteiger partial charge in [0.25, 0.3) is 0 Å². The van der Waals surface area contributed by atoms with Crippen LogP contribution in [0.1, 0.15) is 42.8 Å². The maximum absolute atomic E-state index is 5.68. The molecule has 5 rings (SSSR count). The van der Waals surface area contributed by atoms with Gasteiger partial charge in [-0.25, -0.2) is 4.68 Å². The van der Waals surface area contributed by atoms with Gasteiger partial charge < -0.3 is 9.64 Å². The van der Waals surface area contributed by atoms with Crippen molar-refractivity contribution in [1.29, 1.82) is 0 Å². The summed E-state index contributed by atoms with van der Waals surface area (Å²) >= 11 is 0. The quantitative estimate of drug-likeness (QED) is 0.625. The lowest BCUT2D eigenvalue weighted by molar-refractivity contribution is 0.0563. The number of nitrogens with zero attached hydrogens (tertiary/aromatic N) is 5. The molecule has 6 nitrogen and oxygen atoms in total. The van der Waals surface area contributed by atoms with Crippen molar-refractivity contribution in [2.24, 2.45) is 13.0 Å². The van der Waals surface area contributed by atoms with E-state index in [1.54, 1.807) is 0 Å². The fraction of sp³-hybridized carbons (Fsp3) is 0.400. The van der Waals surface area contributed by atoms with E-state index in [0.29, 0.717) is 5.92 Å². The van der Waals surface area contributed by atoms with Crippen LogP contribution in [0.2, 0.25) is 0 Å². The predicted octanol–water partition coefficient (Wildman–Crippen LogP) is 4.58. The smallest absolute Gasteiger partial charge is 0.0911 e. The third-order valence-electron chi connectivity index (χ3n) is 6.57. The molecule has 0 radical (unpaired) electrons. The molecule has 2 aliphatic rings. The Balaban J connectivity index is 1.59. The molecule has 0 saturated carbocycles. The topological polar surface area (TPSA) is 56.1 Å². The van der Waals surface area contributed by atoms with E-state index in [4.69, 9.17) is 9.72 Å². The van der Waals surface area contributed by atoms with Crippen LogP contribution in [0.15, 0.2) is 48.7 Å². The van der Waals surface area contributed by atoms with Gasteiger partial charge in [-0.15, -0.1) is 5.10 Å². The van der Waals surface area contributed by atoms with Crippen molar-refractivity contribution >= 4 is 11.8 Å². The van der Waals surface area contributed by atoms with Gasteiger partial charge in [-0.1, -0.05) is 29.5 Å². The third kappa shape index (κ3) is 3.65. The number of anilines is 1. The van der Waals surface area contributed by atoms with Crippen LogP contribution in [0, 0.1) is 12.8 Å². The molecule has 0 bridgehead atoms. The van der Waals surface area contributed by atoms with Crippen molar-refractivity contribution < 1.29 is 4.74 Å². The number of aryl methyl sites for hydroxylation is 2. The predicted molar refractivity (Wildman–Crippen MR) is 123 cm³/mol. The van der Waals surface area contributed by atoms with E-state index in [1.807, 2.05) is 30.9 Å². The number of benzene rings is 1. The minimum absolute atomic E-state index is 0.217. The summed E-state index contributed by atoms with van der Waals surface area (Å²) in [6.45, 7) is 5.93. The maximum atomic E-state index is 5.68. The number of aromatic nitrogens is 4. The lowest BCUT2D eigenvalue weighted by Crippen LogP contribution is -2.42. The summed E-state index contributed by atoms with van der Waals surface area (Å²) in [5.74, 6) is 0.508. The second-order valence-electron chi connectivity index (χ2n) is 8.58. The molecule has 2 aromatic heterocycles. The largest absolute Gasteiger partial charge is 0.381 e. The zero-order valence-corrected chi connectivity index (χ0v) is 18.4. The molecule has 3 aromatic rings. The molecule has 31 heavy (non-hydrogen) atoms. The van der Waals surface area contributed by atoms with Gasteiger partial charge in [0.05, 0.1) is 23.1 Å². The van der Waals surface area contributed by atoms with Crippen LogP contribution in [0.3, 0.4) is 0 Å². The van der Waals surface area contributed by atoms with E-state index in [9.17, 15) is 0 Å². The number of pyridine rings is 1. The Labute approximate surface area is 183 Å². The first-order valence-corrected chi connectivity index (χ1v) is 11.1. The molecular formula is C25H29N5O. The van der Waals surface area contributed by atoms with Crippen molar-refractivity contribution in [3.8, 4) is 11.3 Å². The summed E-state index contributed by atoms with van der Waals surface area (Å²) in [5, 5.41) is 8.40. The fourth-order valence-electron chi connectivity index (χ4n) is 5.08. The second kappa shape index (κ2) is 8.27. The summed E-state index contributed by atoms with van der Waals surface area (Å²) in [4.78, 5) is 7.35. The molecule has 1 fully saturated rings. The molecule has 0 N–H and O–H groups in total. The molecule has 0 aliphatic carbocycles. The average molecular weight is 416 g/mol. The van der Waals surface area contributed by atoms with Crippen LogP contribution in [0.25, 0.3) is 17.3 Å². The molecule has 2 aliphatic heterocycles. The van der Waals surface area contributed by atoms with Crippen molar-refractivity contribution in [3.63, 3.8) is 0 Å². The van der Waals surface area contributed by atoms with Gasteiger partial charge in [0.15, 0.2) is 0 Å². The second-order valence-corrected chi connectivity index (χ2v) is 8.58. The van der Waals surface area contributed by atoms with E-state index >= 15 is 0 Å². The molecule has 1 saturated heterocycles. The average Bonchev–Trinajstić information content (AvgIpc) is 3.14. The van der Waals surface area contributed by atoms with Crippen LogP contribution in [0.4, 0.5) is 5.69 Å². The van der Waals surface area contributed by atoms with Crippen LogP contribution in [0.5, 0.6) is 0 Å². The van der Waals surface area contributed by atoms with Gasteiger partial charge in [-0.05, 0) is 62.4 Å². The van der Waals surface area contributed by atoms with E-state index in [1.165, 1.54) is 11.3 Å². The Morgan fingerprint density at radius 2 is 1.97 bits per heavy atom. The van der Waals surface area contributed by atoms with Crippen molar-refractivity contribution in [2.75, 3.05) is 18.1 Å². The molecule has 160 valence electrons. The third-order valence-corrected chi connectivity index (χ3v) is 6.57. The van der Waals surface area contributed by atoms with Gasteiger partial charge >= 0.3 is 0 Å². The first kappa shape index (κ1) is 19.9. The maximum Gasteiger partial charge on any atom is 0.0911 e. The summed E-state index contributed by atoms with van der Waals surface area (Å²) in [6, 6.07) is 13.5. The highest BCUT2D eigenvalue weighted by Crippen LogP contribution is 2.43. The first-order valence-electron chi connectivity index (χ1n) is 11.1. The van der Waals surface area contributed by atoms with E-state index in [-0.39, 0.29) is 12.1 Å². The molecule has 1 aromatic carbocycles. The standard InChI is InChI=1S/C25H29N5O/c1-17-7-8-20-16-21(24-18(2)27-28-29(24)3)9-10-23(20)30(17)25(19-11-14-31-15-12-19)22-6-4-5-13-26-22/h4-10,13,16-17,19,25H,11-12,14-15H2,1-3H3. The lowest BCUT2D eigenvalue weighted by atomic mass is 9.85. The Morgan fingerprint density at radius 3 is 2.68 bits per heavy atom. The normalized spacial score (nSPS) is 20.0. The summed E-state index contributed by atoms with van der Waals surface area (Å²) < 4.78 is 7.53. The molecule has 2 unspecified atom stereocenters. The SMILES string of the molecule is Cc1nnn(C)c1-c1ccc2c(c1)C=CC(C)N2C(c1ccccn1)C1CCOCC1. The van der Waals surface area contributed by atoms with Crippen LogP contribution >= 0.6 is 0 Å². The minimum atomic E-state index is 0.217. The van der Waals surface area contributed by atoms with Crippen LogP contribution in [-0.4, -0.2) is 39.2 Å². The van der Waals surface area contributed by atoms with Crippen LogP contribution in [-0.2, 0) is 11.8 Å². The Bertz CT molecular complexity index is 1070. The Morgan fingerprint density at radius 1 is 1.13 bits per heavy atom. The van der Waals surface area contributed by atoms with Gasteiger partial charge in [-0.2, -0.15) is 0 Å². The highest BCUT2D eigenvalue weighted by atomic mass is 16.5. The van der Waals surface area contributed by atoms with Crippen molar-refractivity contribution in [3.05, 3.63) is 65.6 Å². The lowest BCUT2D eigenvalue weighted by Gasteiger charge is -2.44. The summed E-state index contributed by atoms with van der Waals surface area (Å²) in [6.07, 6.45) is 8.57. The minimum Gasteiger partial charge on any atom is -0.381 e. The molecule has 0 spiro atoms. The molecule has 2 atom stereocenters. The molecular weight excluding hydrogens is 386 g/mol. The monoisotopic (exact) mass is 415 g/mol. The molecule has 4 heterocycles. The summed E-state index contributed by atoms with van der Waals surface area (Å²) in [5.41, 5.74) is 6.77. The number of hydrogen-bond donors (Lipinski definition) is 0. The Kier molecular flexibility index (Phi) is 5.32. The zero-order valence-electron chi connectivity index (χ0n) is 18.4. The van der Waals surface area contributed by atoms with E-state index < -0.39 is 0 Å². The Hall–Kier alpha value is -2.99. The van der Waals surface area contributed by atoms with E-state index in [2.05, 4.69) is 64.6 Å². The van der Waals surface area contributed by atoms with Gasteiger partial charge in [0.2, 0.25) is 0 Å². The first-order chi connectivity index (χ1) is 15.1. The zero-order chi connectivity index (χ0) is 21.4. The van der Waals surface area contributed by atoms with Crippen molar-refractivity contribution in [2.45, 2.75) is 38.8 Å². The number of ether oxygens (including phenoxy) is 1. The van der Waals surface area contributed by atoms with Gasteiger partial charge in [-0.3, -0.25) is 4.98 Å².